The summed E-state index contributed by atoms with van der Waals surface area (Å²) < 4.78 is 43.0. The fourth-order valence-electron chi connectivity index (χ4n) is 6.26. The first-order chi connectivity index (χ1) is 22.1. The molecular formula is C34H33F3N4O5. The van der Waals surface area contributed by atoms with Gasteiger partial charge < -0.3 is 19.9 Å². The van der Waals surface area contributed by atoms with Crippen molar-refractivity contribution in [2.45, 2.75) is 30.4 Å². The summed E-state index contributed by atoms with van der Waals surface area (Å²) in [5, 5.41) is 19.0. The molecule has 0 bridgehead atoms. The fourth-order valence-corrected chi connectivity index (χ4v) is 6.26. The summed E-state index contributed by atoms with van der Waals surface area (Å²) >= 11 is 0. The van der Waals surface area contributed by atoms with Gasteiger partial charge in [0.2, 0.25) is 5.91 Å². The number of morpholine rings is 1. The van der Waals surface area contributed by atoms with Crippen LogP contribution in [0.15, 0.2) is 60.7 Å². The third kappa shape index (κ3) is 6.22. The molecule has 1 spiro atoms. The van der Waals surface area contributed by atoms with Crippen molar-refractivity contribution in [3.8, 4) is 5.75 Å². The maximum atomic E-state index is 13.0. The number of carbonyl (C=O) groups is 2. The molecule has 12 heteroatoms. The summed E-state index contributed by atoms with van der Waals surface area (Å²) in [6.07, 6.45) is 0.879. The second-order valence-electron chi connectivity index (χ2n) is 11.6. The van der Waals surface area contributed by atoms with Crippen molar-refractivity contribution in [2.24, 2.45) is 0 Å². The number of nitrogens with one attached hydrogen (secondary N) is 2. The Morgan fingerprint density at radius 3 is 2.54 bits per heavy atom. The Balaban J connectivity index is 0.000000480. The number of methoxy groups -OCH3 is 1. The number of fused-ring (bicyclic) bond motifs is 3. The van der Waals surface area contributed by atoms with Crippen molar-refractivity contribution in [3.63, 3.8) is 0 Å². The maximum absolute atomic E-state index is 13.0. The first-order valence-corrected chi connectivity index (χ1v) is 14.9. The van der Waals surface area contributed by atoms with Gasteiger partial charge >= 0.3 is 12.1 Å². The van der Waals surface area contributed by atoms with E-state index in [4.69, 9.17) is 19.4 Å². The smallest absolute Gasteiger partial charge is 0.490 e. The van der Waals surface area contributed by atoms with Gasteiger partial charge in [0.25, 0.3) is 0 Å². The minimum absolute atomic E-state index is 0.0737. The van der Waals surface area contributed by atoms with E-state index in [0.717, 1.165) is 90.4 Å². The van der Waals surface area contributed by atoms with E-state index in [2.05, 4.69) is 62.9 Å². The van der Waals surface area contributed by atoms with Crippen LogP contribution in [-0.4, -0.2) is 78.2 Å². The Kier molecular flexibility index (Phi) is 8.58. The van der Waals surface area contributed by atoms with Crippen molar-refractivity contribution >= 4 is 40.6 Å². The van der Waals surface area contributed by atoms with E-state index in [1.807, 2.05) is 30.3 Å². The summed E-state index contributed by atoms with van der Waals surface area (Å²) in [6.45, 7) is 4.80. The molecule has 2 aliphatic heterocycles. The minimum atomic E-state index is -5.08. The molecular weight excluding hydrogens is 601 g/mol. The number of nitrogens with zero attached hydrogens (tertiary/aromatic N) is 2. The Morgan fingerprint density at radius 1 is 1.13 bits per heavy atom. The fraction of sp³-hybridized carbons (Fsp3) is 0.324. The second-order valence-corrected chi connectivity index (χ2v) is 11.6. The number of rotatable bonds is 7. The van der Waals surface area contributed by atoms with Crippen LogP contribution in [0.25, 0.3) is 23.1 Å². The van der Waals surface area contributed by atoms with Crippen molar-refractivity contribution in [3.05, 3.63) is 88.6 Å². The number of aromatic nitrogens is 2. The summed E-state index contributed by atoms with van der Waals surface area (Å²) in [7, 11) is 1.69. The van der Waals surface area contributed by atoms with Crippen LogP contribution in [0.3, 0.4) is 0 Å². The molecule has 1 aromatic heterocycles. The number of carbonyl (C=O) groups excluding carboxylic acids is 1. The zero-order valence-electron chi connectivity index (χ0n) is 25.1. The molecule has 1 amide bonds. The number of carboxylic acids is 1. The van der Waals surface area contributed by atoms with E-state index in [9.17, 15) is 18.0 Å². The van der Waals surface area contributed by atoms with Crippen LogP contribution in [0.5, 0.6) is 5.75 Å². The number of aliphatic carboxylic acids is 1. The van der Waals surface area contributed by atoms with Crippen molar-refractivity contribution in [2.75, 3.05) is 45.3 Å². The molecule has 240 valence electrons. The van der Waals surface area contributed by atoms with E-state index < -0.39 is 17.6 Å². The second kappa shape index (κ2) is 12.6. The van der Waals surface area contributed by atoms with Crippen LogP contribution in [0.1, 0.15) is 40.3 Å². The maximum Gasteiger partial charge on any atom is 0.490 e. The average Bonchev–Trinajstić information content (AvgIpc) is 3.59. The van der Waals surface area contributed by atoms with Crippen LogP contribution in [0, 0.1) is 0 Å². The van der Waals surface area contributed by atoms with Crippen LogP contribution >= 0.6 is 0 Å². The highest BCUT2D eigenvalue weighted by atomic mass is 19.4. The highest BCUT2D eigenvalue weighted by Crippen LogP contribution is 2.66. The molecule has 1 aliphatic carbocycles. The number of anilines is 1. The molecule has 3 N–H and O–H groups in total. The summed E-state index contributed by atoms with van der Waals surface area (Å²) in [5.74, 6) is -1.81. The molecule has 46 heavy (non-hydrogen) atoms. The first-order valence-electron chi connectivity index (χ1n) is 14.9. The number of aromatic amines is 1. The standard InChI is InChI=1S/C32H32N4O3.C2HF3O2/c1-38-30-19-24-27(11-10-21-6-8-22(9-7-21)12-13-36-14-16-39-17-15-36)34-35-29(24)18-23(30)26-20-32(26)25-4-2-3-5-28(25)33-31(32)37;3-2(4,5)1(6)7/h2-11,18-19,26H,12-17,20H2,1H3,(H,33,37)(H,34,35);(H,6,7)/b11-10+;/t26-,32-;/m0./s1. The van der Waals surface area contributed by atoms with Gasteiger partial charge in [-0.1, -0.05) is 48.5 Å². The van der Waals surface area contributed by atoms with E-state index in [0.29, 0.717) is 0 Å². The van der Waals surface area contributed by atoms with Gasteiger partial charge in [0.05, 0.1) is 36.9 Å². The lowest BCUT2D eigenvalue weighted by molar-refractivity contribution is -0.192. The van der Waals surface area contributed by atoms with Gasteiger partial charge in [0, 0.05) is 42.2 Å². The molecule has 3 heterocycles. The van der Waals surface area contributed by atoms with Gasteiger partial charge in [-0.3, -0.25) is 14.8 Å². The largest absolute Gasteiger partial charge is 0.496 e. The Hall–Kier alpha value is -4.68. The number of amides is 1. The molecule has 0 unspecified atom stereocenters. The van der Waals surface area contributed by atoms with Gasteiger partial charge in [-0.2, -0.15) is 18.3 Å². The highest BCUT2D eigenvalue weighted by Gasteiger charge is 2.65. The summed E-state index contributed by atoms with van der Waals surface area (Å²) in [6, 6.07) is 20.9. The number of ether oxygens (including phenoxy) is 2. The number of hydrogen-bond donors (Lipinski definition) is 3. The third-order valence-electron chi connectivity index (χ3n) is 8.82. The topological polar surface area (TPSA) is 117 Å². The van der Waals surface area contributed by atoms with Crippen LogP contribution in [0.4, 0.5) is 18.9 Å². The Morgan fingerprint density at radius 2 is 1.85 bits per heavy atom. The lowest BCUT2D eigenvalue weighted by atomic mass is 9.91. The lowest BCUT2D eigenvalue weighted by Gasteiger charge is -2.26. The molecule has 1 saturated carbocycles. The zero-order chi connectivity index (χ0) is 32.5. The van der Waals surface area contributed by atoms with Gasteiger partial charge in [-0.25, -0.2) is 4.79 Å². The third-order valence-corrected chi connectivity index (χ3v) is 8.82. The molecule has 9 nitrogen and oxygen atoms in total. The Bertz CT molecular complexity index is 1780. The van der Waals surface area contributed by atoms with Crippen LogP contribution in [0.2, 0.25) is 0 Å². The quantitative estimate of drug-likeness (QED) is 0.241. The van der Waals surface area contributed by atoms with Gasteiger partial charge in [-0.05, 0) is 53.8 Å². The lowest BCUT2D eigenvalue weighted by Crippen LogP contribution is -2.37. The number of carboxylic acid groups (broad SMARTS) is 1. The van der Waals surface area contributed by atoms with E-state index >= 15 is 0 Å². The number of para-hydroxylation sites is 1. The molecule has 4 aromatic rings. The minimum Gasteiger partial charge on any atom is -0.496 e. The molecule has 3 aromatic carbocycles. The van der Waals surface area contributed by atoms with Gasteiger partial charge in [-0.15, -0.1) is 0 Å². The monoisotopic (exact) mass is 634 g/mol. The molecule has 7 rings (SSSR count). The number of hydrogen-bond acceptors (Lipinski definition) is 6. The van der Waals surface area contributed by atoms with Gasteiger partial charge in [0.1, 0.15) is 5.75 Å². The molecule has 0 radical (unpaired) electrons. The van der Waals surface area contributed by atoms with Crippen molar-refractivity contribution < 1.29 is 37.3 Å². The van der Waals surface area contributed by atoms with E-state index in [1.54, 1.807) is 7.11 Å². The van der Waals surface area contributed by atoms with Crippen LogP contribution in [-0.2, 0) is 26.2 Å². The summed E-state index contributed by atoms with van der Waals surface area (Å²) in [5.41, 5.74) is 6.83. The molecule has 2 atom stereocenters. The number of halogens is 3. The SMILES string of the molecule is COc1cc2c(/C=C/c3ccc(CCN4CCOCC4)cc3)n[nH]c2cc1[C@@H]1C[C@@]12C(=O)Nc1ccccc12.O=C(O)C(F)(F)F. The number of H-pyrrole nitrogens is 1. The van der Waals surface area contributed by atoms with Crippen LogP contribution < -0.4 is 10.1 Å². The first kappa shape index (κ1) is 31.3. The predicted octanol–water partition coefficient (Wildman–Crippen LogP) is 5.63. The average molecular weight is 635 g/mol. The highest BCUT2D eigenvalue weighted by molar-refractivity contribution is 6.10. The normalized spacial score (nSPS) is 20.8. The summed E-state index contributed by atoms with van der Waals surface area (Å²) in [4.78, 5) is 24.4. The molecule has 3 aliphatic rings. The van der Waals surface area contributed by atoms with Crippen molar-refractivity contribution in [1.82, 2.24) is 15.1 Å². The van der Waals surface area contributed by atoms with Crippen molar-refractivity contribution in [1.29, 1.82) is 0 Å². The predicted molar refractivity (Wildman–Crippen MR) is 167 cm³/mol. The Labute approximate surface area is 263 Å². The number of benzene rings is 3. The van der Waals surface area contributed by atoms with Gasteiger partial charge in [0.15, 0.2) is 0 Å². The van der Waals surface area contributed by atoms with E-state index in [-0.39, 0.29) is 11.8 Å². The molecule has 1 saturated heterocycles. The molecule has 2 fully saturated rings. The number of alkyl halides is 3. The zero-order valence-corrected chi connectivity index (χ0v) is 25.1. The van der Waals surface area contributed by atoms with E-state index in [1.165, 1.54) is 5.56 Å².